The molecule has 0 saturated carbocycles. The molecular weight excluding hydrogens is 537 g/mol. The lowest BCUT2D eigenvalue weighted by Crippen LogP contribution is -2.63. The van der Waals surface area contributed by atoms with E-state index in [-0.39, 0.29) is 30.1 Å². The molecule has 1 unspecified atom stereocenters. The van der Waals surface area contributed by atoms with Gasteiger partial charge in [0.05, 0.1) is 12.1 Å². The van der Waals surface area contributed by atoms with Crippen LogP contribution in [0.2, 0.25) is 0 Å². The second-order valence-corrected chi connectivity index (χ2v) is 9.81. The first-order valence-electron chi connectivity index (χ1n) is 12.9. The van der Waals surface area contributed by atoms with Crippen LogP contribution in [-0.4, -0.2) is 39.6 Å². The molecule has 0 fully saturated rings. The van der Waals surface area contributed by atoms with Crippen LogP contribution in [0, 0.1) is 17.5 Å². The monoisotopic (exact) mass is 564 g/mol. The molecule has 0 bridgehead atoms. The Morgan fingerprint density at radius 2 is 1.80 bits per heavy atom. The minimum Gasteiger partial charge on any atom is -0.482 e. The van der Waals surface area contributed by atoms with Crippen molar-refractivity contribution in [3.05, 3.63) is 124 Å². The lowest BCUT2D eigenvalue weighted by Gasteiger charge is -2.46. The summed E-state index contributed by atoms with van der Waals surface area (Å²) in [6, 6.07) is 9.31. The standard InChI is InChI=1S/C30H27F3N4O4/c1-4-17(2)37-25-11-10-18(3)36(25)30(40)26-28(41-16-19-8-6-5-7-9-19)27(38)22(15-35(26)37)29(39)34-14-21-23(32)12-20(31)13-24(21)33/h4-13,15,17-18,25H,1,14,16H2,2-3H3,(H,34,39)/t17-,18+,25?/m1/s1. The minimum atomic E-state index is -1.18. The largest absolute Gasteiger partial charge is 0.482 e. The summed E-state index contributed by atoms with van der Waals surface area (Å²) >= 11 is 0. The molecule has 1 N–H and O–H groups in total. The normalized spacial score (nSPS) is 18.1. The number of pyridine rings is 1. The van der Waals surface area contributed by atoms with Gasteiger partial charge in [0.2, 0.25) is 5.43 Å². The molecule has 0 spiro atoms. The predicted molar refractivity (Wildman–Crippen MR) is 145 cm³/mol. The van der Waals surface area contributed by atoms with E-state index >= 15 is 0 Å². The fourth-order valence-corrected chi connectivity index (χ4v) is 4.99. The number of hydrogen-bond donors (Lipinski definition) is 1. The van der Waals surface area contributed by atoms with Crippen molar-refractivity contribution in [2.45, 2.75) is 45.2 Å². The average Bonchev–Trinajstić information content (AvgIpc) is 3.33. The molecule has 212 valence electrons. The van der Waals surface area contributed by atoms with Crippen molar-refractivity contribution in [2.75, 3.05) is 5.01 Å². The molecule has 2 aliphatic rings. The zero-order valence-corrected chi connectivity index (χ0v) is 22.3. The van der Waals surface area contributed by atoms with Gasteiger partial charge in [-0.2, -0.15) is 0 Å². The fraction of sp³-hybridized carbons (Fsp3) is 0.233. The van der Waals surface area contributed by atoms with E-state index in [0.29, 0.717) is 12.1 Å². The molecule has 5 rings (SSSR count). The SMILES string of the molecule is C=C[C@@H](C)N1C2C=C[C@H](C)N2C(=O)c2c(OCc3ccccc3)c(=O)c(C(=O)NCc3c(F)cc(F)cc3F)cn21. The molecule has 0 radical (unpaired) electrons. The zero-order valence-electron chi connectivity index (χ0n) is 22.3. The van der Waals surface area contributed by atoms with Gasteiger partial charge in [-0.1, -0.05) is 42.5 Å². The van der Waals surface area contributed by atoms with Gasteiger partial charge < -0.3 is 15.0 Å². The number of benzene rings is 2. The molecule has 3 atom stereocenters. The van der Waals surface area contributed by atoms with Crippen molar-refractivity contribution >= 4 is 11.8 Å². The number of carbonyl (C=O) groups is 2. The van der Waals surface area contributed by atoms with Gasteiger partial charge in [-0.15, -0.1) is 6.58 Å². The number of nitrogens with zero attached hydrogens (tertiary/aromatic N) is 3. The first kappa shape index (κ1) is 27.8. The van der Waals surface area contributed by atoms with Crippen LogP contribution in [0.3, 0.4) is 0 Å². The van der Waals surface area contributed by atoms with Gasteiger partial charge in [-0.3, -0.25) is 24.1 Å². The summed E-state index contributed by atoms with van der Waals surface area (Å²) < 4.78 is 49.1. The second kappa shape index (κ2) is 11.0. The molecule has 8 nitrogen and oxygen atoms in total. The summed E-state index contributed by atoms with van der Waals surface area (Å²) in [5.41, 5.74) is -1.22. The number of aromatic nitrogens is 1. The Kier molecular flexibility index (Phi) is 7.44. The summed E-state index contributed by atoms with van der Waals surface area (Å²) in [4.78, 5) is 42.5. The van der Waals surface area contributed by atoms with Crippen molar-refractivity contribution < 1.29 is 27.5 Å². The van der Waals surface area contributed by atoms with E-state index in [1.807, 2.05) is 32.1 Å². The number of ether oxygens (including phenoxy) is 1. The minimum absolute atomic E-state index is 0.0678. The quantitative estimate of drug-likeness (QED) is 0.418. The van der Waals surface area contributed by atoms with Gasteiger partial charge in [0.1, 0.15) is 35.8 Å². The van der Waals surface area contributed by atoms with Crippen LogP contribution in [0.1, 0.15) is 45.8 Å². The Balaban J connectivity index is 1.61. The third-order valence-corrected chi connectivity index (χ3v) is 7.15. The predicted octanol–water partition coefficient (Wildman–Crippen LogP) is 4.03. The van der Waals surface area contributed by atoms with Crippen LogP contribution in [0.5, 0.6) is 5.75 Å². The molecule has 11 heteroatoms. The third-order valence-electron chi connectivity index (χ3n) is 7.15. The van der Waals surface area contributed by atoms with E-state index in [9.17, 15) is 27.6 Å². The topological polar surface area (TPSA) is 83.9 Å². The van der Waals surface area contributed by atoms with Gasteiger partial charge in [0.15, 0.2) is 11.4 Å². The molecule has 41 heavy (non-hydrogen) atoms. The van der Waals surface area contributed by atoms with Crippen LogP contribution in [0.15, 0.2) is 78.3 Å². The van der Waals surface area contributed by atoms with Gasteiger partial charge in [-0.05, 0) is 25.5 Å². The molecule has 2 amide bonds. The molecule has 3 aromatic rings. The number of amides is 2. The Labute approximate surface area is 233 Å². The van der Waals surface area contributed by atoms with Gasteiger partial charge >= 0.3 is 0 Å². The summed E-state index contributed by atoms with van der Waals surface area (Å²) in [6.07, 6.45) is 6.03. The second-order valence-electron chi connectivity index (χ2n) is 9.81. The highest BCUT2D eigenvalue weighted by Gasteiger charge is 2.45. The first-order valence-corrected chi connectivity index (χ1v) is 12.9. The van der Waals surface area contributed by atoms with Crippen LogP contribution in [-0.2, 0) is 13.2 Å². The molecule has 2 aromatic carbocycles. The maximum Gasteiger partial charge on any atom is 0.278 e. The van der Waals surface area contributed by atoms with Crippen molar-refractivity contribution in [3.63, 3.8) is 0 Å². The van der Waals surface area contributed by atoms with E-state index in [1.165, 1.54) is 10.9 Å². The average molecular weight is 565 g/mol. The maximum absolute atomic E-state index is 14.2. The maximum atomic E-state index is 14.2. The van der Waals surface area contributed by atoms with Gasteiger partial charge in [-0.25, -0.2) is 13.2 Å². The highest BCUT2D eigenvalue weighted by atomic mass is 19.1. The van der Waals surface area contributed by atoms with Crippen molar-refractivity contribution in [1.82, 2.24) is 14.9 Å². The molecule has 1 aromatic heterocycles. The molecule has 0 saturated heterocycles. The molecule has 2 aliphatic heterocycles. The Morgan fingerprint density at radius 1 is 1.12 bits per heavy atom. The molecule has 3 heterocycles. The third kappa shape index (κ3) is 4.99. The van der Waals surface area contributed by atoms with Gasteiger partial charge in [0.25, 0.3) is 11.8 Å². The lowest BCUT2D eigenvalue weighted by atomic mass is 10.1. The lowest BCUT2D eigenvalue weighted by molar-refractivity contribution is 0.0593. The van der Waals surface area contributed by atoms with Crippen molar-refractivity contribution in [3.8, 4) is 5.75 Å². The smallest absolute Gasteiger partial charge is 0.278 e. The van der Waals surface area contributed by atoms with Crippen LogP contribution < -0.4 is 20.5 Å². The Hall–Kier alpha value is -4.80. The summed E-state index contributed by atoms with van der Waals surface area (Å²) in [7, 11) is 0. The first-order chi connectivity index (χ1) is 19.6. The number of fused-ring (bicyclic) bond motifs is 2. The highest BCUT2D eigenvalue weighted by molar-refractivity contribution is 6.00. The van der Waals surface area contributed by atoms with Crippen molar-refractivity contribution in [2.24, 2.45) is 0 Å². The van der Waals surface area contributed by atoms with Gasteiger partial charge in [0, 0.05) is 30.4 Å². The van der Waals surface area contributed by atoms with E-state index in [1.54, 1.807) is 40.3 Å². The summed E-state index contributed by atoms with van der Waals surface area (Å²) in [6.45, 7) is 6.83. The van der Waals surface area contributed by atoms with Crippen LogP contribution >= 0.6 is 0 Å². The molecule has 0 aliphatic carbocycles. The summed E-state index contributed by atoms with van der Waals surface area (Å²) in [5, 5.41) is 4.10. The number of nitrogens with one attached hydrogen (secondary N) is 1. The highest BCUT2D eigenvalue weighted by Crippen LogP contribution is 2.32. The zero-order chi connectivity index (χ0) is 29.4. The Bertz CT molecular complexity index is 1600. The van der Waals surface area contributed by atoms with E-state index in [4.69, 9.17) is 4.74 Å². The number of rotatable bonds is 8. The number of halogens is 3. The van der Waals surface area contributed by atoms with Crippen LogP contribution in [0.4, 0.5) is 13.2 Å². The van der Waals surface area contributed by atoms with E-state index in [0.717, 1.165) is 5.56 Å². The summed E-state index contributed by atoms with van der Waals surface area (Å²) in [5.74, 6) is -5.25. The fourth-order valence-electron chi connectivity index (χ4n) is 4.99. The van der Waals surface area contributed by atoms with Crippen molar-refractivity contribution in [1.29, 1.82) is 0 Å². The number of carbonyl (C=O) groups excluding carboxylic acids is 2. The van der Waals surface area contributed by atoms with Crippen LogP contribution in [0.25, 0.3) is 0 Å². The van der Waals surface area contributed by atoms with E-state index in [2.05, 4.69) is 11.9 Å². The Morgan fingerprint density at radius 3 is 2.46 bits per heavy atom. The molecular formula is C30H27F3N4O4. The number of hydrogen-bond acceptors (Lipinski definition) is 5. The van der Waals surface area contributed by atoms with E-state index < -0.39 is 58.5 Å².